The third-order valence-corrected chi connectivity index (χ3v) is 11.0. The number of benzene rings is 7. The van der Waals surface area contributed by atoms with Gasteiger partial charge in [-0.3, -0.25) is 4.99 Å². The molecule has 0 bridgehead atoms. The Morgan fingerprint density at radius 2 is 1.06 bits per heavy atom. The fraction of sp³-hybridized carbons (Fsp3) is 0.162. The van der Waals surface area contributed by atoms with Crippen molar-refractivity contribution < 1.29 is 0 Å². The number of rotatable bonds is 10. The molecule has 1 aliphatic rings. The lowest BCUT2D eigenvalue weighted by atomic mass is 9.78. The van der Waals surface area contributed by atoms with Gasteiger partial charge in [0.15, 0.2) is 0 Å². The van der Waals surface area contributed by atoms with Crippen molar-refractivity contribution in [3.8, 4) is 44.5 Å². The molecular formula is C68H76N2. The number of nitrogens with zero attached hydrogens (tertiary/aromatic N) is 2. The van der Waals surface area contributed by atoms with Crippen molar-refractivity contribution in [1.82, 2.24) is 0 Å². The molecule has 0 radical (unpaired) electrons. The zero-order valence-corrected chi connectivity index (χ0v) is 43.3. The summed E-state index contributed by atoms with van der Waals surface area (Å²) in [6.07, 6.45) is 21.8. The fourth-order valence-electron chi connectivity index (χ4n) is 8.10. The van der Waals surface area contributed by atoms with Crippen molar-refractivity contribution in [1.29, 1.82) is 0 Å². The van der Waals surface area contributed by atoms with Gasteiger partial charge in [0.1, 0.15) is 5.84 Å². The van der Waals surface area contributed by atoms with Gasteiger partial charge in [-0.1, -0.05) is 235 Å². The molecular weight excluding hydrogens is 845 g/mol. The van der Waals surface area contributed by atoms with Gasteiger partial charge >= 0.3 is 0 Å². The normalized spacial score (nSPS) is 11.7. The van der Waals surface area contributed by atoms with E-state index < -0.39 is 0 Å². The lowest BCUT2D eigenvalue weighted by molar-refractivity contribution is 0.876. The predicted octanol–water partition coefficient (Wildman–Crippen LogP) is 20.4. The van der Waals surface area contributed by atoms with Crippen molar-refractivity contribution in [3.05, 3.63) is 268 Å². The van der Waals surface area contributed by atoms with E-state index >= 15 is 0 Å². The first-order valence-corrected chi connectivity index (χ1v) is 24.7. The maximum atomic E-state index is 4.82. The fourth-order valence-corrected chi connectivity index (χ4v) is 8.10. The molecule has 0 amide bonds. The molecule has 0 saturated heterocycles. The highest BCUT2D eigenvalue weighted by atomic mass is 15.2. The Labute approximate surface area is 423 Å². The topological polar surface area (TPSA) is 15.6 Å². The summed E-state index contributed by atoms with van der Waals surface area (Å²) in [5, 5.41) is 2.47. The molecule has 1 aliphatic carbocycles. The summed E-state index contributed by atoms with van der Waals surface area (Å²) in [6.45, 7) is 30.4. The number of hydrogen-bond donors (Lipinski definition) is 0. The predicted molar refractivity (Wildman–Crippen MR) is 317 cm³/mol. The summed E-state index contributed by atoms with van der Waals surface area (Å²) in [5.74, 6) is 0.888. The highest BCUT2D eigenvalue weighted by Crippen LogP contribution is 2.50. The quantitative estimate of drug-likeness (QED) is 0.0578. The lowest BCUT2D eigenvalue weighted by Crippen LogP contribution is -2.26. The number of hydrogen-bond acceptors (Lipinski definition) is 1. The van der Waals surface area contributed by atoms with Gasteiger partial charge in [0.05, 0.1) is 0 Å². The van der Waals surface area contributed by atoms with E-state index in [2.05, 4.69) is 226 Å². The second-order valence-electron chi connectivity index (χ2n) is 15.4. The van der Waals surface area contributed by atoms with Crippen LogP contribution in [0.4, 0.5) is 5.69 Å². The highest BCUT2D eigenvalue weighted by molar-refractivity contribution is 6.17. The van der Waals surface area contributed by atoms with Crippen molar-refractivity contribution in [2.75, 3.05) is 11.9 Å². The smallest absolute Gasteiger partial charge is 0.139 e. The number of para-hydroxylation sites is 1. The number of amidine groups is 1. The molecule has 2 heteroatoms. The van der Waals surface area contributed by atoms with Crippen LogP contribution in [0, 0.1) is 0 Å². The standard InChI is InChI=1S/C52H44N2.C7H10.C3H6.2C2H6.C2H4/c1-3-35-54(45-31-18-9-19-32-45)52(53-2)44-30-20-29-42(36-44)43-33-34-46-47(37-43)49(39-23-14-7-15-24-39)51(41-27-16-8-17-28-41)50(40-25-10-4-5-11-26-40)48(46)38-21-12-6-13-22-38;1-4-6-7(3)5-2;1-3-2;3*1-2/h3,6-10,12-37H,4-5,11H2,1-2H3;4-6H,1-2H2,3H3;3H,1H2,2H3;2*1-2H3;1-2H2/b35-3+,53-52?;7-6-;;;;. The molecule has 70 heavy (non-hydrogen) atoms. The van der Waals surface area contributed by atoms with Gasteiger partial charge in [-0.2, -0.15) is 0 Å². The van der Waals surface area contributed by atoms with Crippen LogP contribution in [0.1, 0.15) is 78.9 Å². The molecule has 358 valence electrons. The molecule has 0 fully saturated rings. The van der Waals surface area contributed by atoms with Crippen LogP contribution < -0.4 is 4.90 Å². The van der Waals surface area contributed by atoms with E-state index in [1.54, 1.807) is 18.2 Å². The molecule has 0 aliphatic heterocycles. The summed E-state index contributed by atoms with van der Waals surface area (Å²) in [5.41, 5.74) is 15.6. The summed E-state index contributed by atoms with van der Waals surface area (Å²) in [6, 6.07) is 59.2. The van der Waals surface area contributed by atoms with Crippen molar-refractivity contribution >= 4 is 27.9 Å². The largest absolute Gasteiger partial charge is 0.302 e. The molecule has 0 atom stereocenters. The number of anilines is 1. The first-order chi connectivity index (χ1) is 34.5. The summed E-state index contributed by atoms with van der Waals surface area (Å²) < 4.78 is 0. The molecule has 8 rings (SSSR count). The summed E-state index contributed by atoms with van der Waals surface area (Å²) >= 11 is 0. The van der Waals surface area contributed by atoms with Crippen LogP contribution in [0.25, 0.3) is 60.9 Å². The molecule has 7 aromatic carbocycles. The van der Waals surface area contributed by atoms with E-state index in [0.29, 0.717) is 0 Å². The van der Waals surface area contributed by atoms with Crippen molar-refractivity contribution in [3.63, 3.8) is 0 Å². The second-order valence-corrected chi connectivity index (χ2v) is 15.4. The van der Waals surface area contributed by atoms with Gasteiger partial charge in [-0.05, 0) is 131 Å². The Morgan fingerprint density at radius 1 is 0.557 bits per heavy atom. The number of fused-ring (bicyclic) bond motifs is 1. The first-order valence-electron chi connectivity index (χ1n) is 24.7. The Bertz CT molecular complexity index is 2820. The van der Waals surface area contributed by atoms with Gasteiger partial charge in [-0.15, -0.1) is 19.7 Å². The SMILES string of the molecule is C/C=C/N(C(=NC)c1cccc(-c2ccc3c(-c4ccccc4)c(C4=CCCCC=C4)c(-c4ccccc4)c(-c4ccccc4)c3c2)c1)c1ccccc1.C=C.C=C/C=C(/C)C=C.C=CC.CC.CC. The van der Waals surface area contributed by atoms with Gasteiger partial charge in [0, 0.05) is 24.5 Å². The number of aliphatic imine (C=N–C) groups is 1. The van der Waals surface area contributed by atoms with Crippen LogP contribution >= 0.6 is 0 Å². The third-order valence-electron chi connectivity index (χ3n) is 11.0. The van der Waals surface area contributed by atoms with E-state index in [-0.39, 0.29) is 0 Å². The third kappa shape index (κ3) is 15.1. The zero-order chi connectivity index (χ0) is 51.1. The molecule has 0 saturated carbocycles. The molecule has 0 aromatic heterocycles. The van der Waals surface area contributed by atoms with Crippen molar-refractivity contribution in [2.24, 2.45) is 4.99 Å². The van der Waals surface area contributed by atoms with Gasteiger partial charge in [0.25, 0.3) is 0 Å². The lowest BCUT2D eigenvalue weighted by Gasteiger charge is -2.25. The monoisotopic (exact) mass is 921 g/mol. The molecule has 0 spiro atoms. The average Bonchev–Trinajstić information content (AvgIpc) is 3.73. The van der Waals surface area contributed by atoms with Crippen LogP contribution in [-0.4, -0.2) is 12.9 Å². The minimum Gasteiger partial charge on any atom is -0.302 e. The second kappa shape index (κ2) is 32.0. The molecule has 0 heterocycles. The van der Waals surface area contributed by atoms with Crippen LogP contribution in [0.15, 0.2) is 262 Å². The Hall–Kier alpha value is -7.81. The first kappa shape index (κ1) is 56.5. The van der Waals surface area contributed by atoms with Crippen LogP contribution in [0.2, 0.25) is 0 Å². The maximum Gasteiger partial charge on any atom is 0.139 e. The summed E-state index contributed by atoms with van der Waals surface area (Å²) in [4.78, 5) is 6.98. The Balaban J connectivity index is 0.000000717. The average molecular weight is 921 g/mol. The minimum absolute atomic E-state index is 0.888. The van der Waals surface area contributed by atoms with E-state index in [4.69, 9.17) is 4.99 Å². The van der Waals surface area contributed by atoms with Gasteiger partial charge in [-0.25, -0.2) is 0 Å². The molecule has 2 nitrogen and oxygen atoms in total. The zero-order valence-electron chi connectivity index (χ0n) is 43.3. The molecule has 0 N–H and O–H groups in total. The summed E-state index contributed by atoms with van der Waals surface area (Å²) in [7, 11) is 1.87. The minimum atomic E-state index is 0.888. The van der Waals surface area contributed by atoms with E-state index in [0.717, 1.165) is 53.0 Å². The van der Waals surface area contributed by atoms with Crippen molar-refractivity contribution in [2.45, 2.75) is 67.7 Å². The van der Waals surface area contributed by atoms with Gasteiger partial charge in [0.2, 0.25) is 0 Å². The Kier molecular flexibility index (Phi) is 25.9. The highest BCUT2D eigenvalue weighted by Gasteiger charge is 2.25. The molecule has 0 unspecified atom stereocenters. The van der Waals surface area contributed by atoms with Crippen LogP contribution in [0.5, 0.6) is 0 Å². The maximum absolute atomic E-state index is 4.82. The van der Waals surface area contributed by atoms with E-state index in [9.17, 15) is 0 Å². The van der Waals surface area contributed by atoms with E-state index in [1.165, 1.54) is 55.3 Å². The Morgan fingerprint density at radius 3 is 1.56 bits per heavy atom. The van der Waals surface area contributed by atoms with E-state index in [1.807, 2.05) is 67.7 Å². The number of allylic oxidation sites excluding steroid dienone is 10. The molecule has 7 aromatic rings. The van der Waals surface area contributed by atoms with Crippen LogP contribution in [0.3, 0.4) is 0 Å². The van der Waals surface area contributed by atoms with Crippen LogP contribution in [-0.2, 0) is 0 Å². The van der Waals surface area contributed by atoms with Gasteiger partial charge < -0.3 is 4.90 Å².